The summed E-state index contributed by atoms with van der Waals surface area (Å²) in [6.45, 7) is 104. The van der Waals surface area contributed by atoms with E-state index in [4.69, 9.17) is 0 Å². The van der Waals surface area contributed by atoms with Gasteiger partial charge in [-0.3, -0.25) is 0 Å². The van der Waals surface area contributed by atoms with Crippen molar-refractivity contribution in [3.05, 3.63) is 0 Å². The third-order valence-corrected chi connectivity index (χ3v) is 35.3. The molecule has 0 bridgehead atoms. The molecule has 0 amide bonds. The lowest BCUT2D eigenvalue weighted by Crippen LogP contribution is -2.55. The monoisotopic (exact) mass is 1980 g/mol. The molecule has 0 aromatic carbocycles. The van der Waals surface area contributed by atoms with Gasteiger partial charge in [0.25, 0.3) is 0 Å². The third kappa shape index (κ3) is 73.3. The zero-order valence-electron chi connectivity index (χ0n) is 110. The van der Waals surface area contributed by atoms with Crippen LogP contribution in [0.4, 0.5) is 0 Å². The molecular formula is C140H300. The maximum Gasteiger partial charge on any atom is -0.0184 e. The first kappa shape index (κ1) is 160. The molecule has 0 aromatic rings. The molecule has 5 aliphatic carbocycles. The Labute approximate surface area is 903 Å². The summed E-state index contributed by atoms with van der Waals surface area (Å²) in [5.41, 5.74) is 5.55. The SMILES string of the molecule is CC.CC.CC.CC.CC.CC.CC.CC.CC.CC.CC(C)CCC1(CCC(C)C)CCCCC1.CC(C)CCCC(C)CCC1(CCC(C)CCCC(C)C)CCCCC1.CCCC(CCC)(CCC)C1(C(CCC)(CCC)CCC)CCCCC1.CCCCCCC(CC)CC1(CC(CC)CCCCCC)CCCCC1.CCCCCCCC(C)(C)C1(C(C)(C)CCCCCCC)CCCCC1. The van der Waals surface area contributed by atoms with E-state index in [2.05, 4.69) is 180 Å². The van der Waals surface area contributed by atoms with E-state index in [-0.39, 0.29) is 0 Å². The zero-order chi connectivity index (χ0) is 110. The minimum absolute atomic E-state index is 0.493. The predicted octanol–water partition coefficient (Wildman–Crippen LogP) is 54.6. The molecule has 140 heavy (non-hydrogen) atoms. The van der Waals surface area contributed by atoms with Gasteiger partial charge in [0.2, 0.25) is 0 Å². The molecule has 4 atom stereocenters. The van der Waals surface area contributed by atoms with Gasteiger partial charge < -0.3 is 0 Å². The fourth-order valence-electron chi connectivity index (χ4n) is 27.9. The summed E-state index contributed by atoms with van der Waals surface area (Å²) in [6.07, 6.45) is 113. The normalized spacial score (nSPS) is 16.8. The standard InChI is InChI=1S/4C26H52.C16H32.10C2H6/c1-22(2)12-10-14-24(5)16-20-26(18-8-7-9-19-26)21-17-25(6)15-11-13-23(3)4;1-7-9-11-13-16-20-24(3,4)26(22-18-15-19-23-26)25(5,6)21-17-14-12-10-8-2;1-7-16-24(17-8-2,18-9-3)26(22-14-13-15-23-26)25(19-10-4,20-11-5)21-12-6;1-5-9-11-14-18-24(7-3)22-26(20-16-13-17-21-26)23-25(8-4)19-15-12-10-6-2;1-14(2)8-12-16(13-9-15(3)4)10-6-5-7-11-16;10*1-2/h22-25H,7-21H2,1-6H3;2*7-23H2,1-6H3;24-25H,5-23H2,1-4H3;14-15H,5-13H2,1-4H3;10*1-2H3. The molecule has 0 nitrogen and oxygen atoms in total. The van der Waals surface area contributed by atoms with Crippen molar-refractivity contribution >= 4 is 0 Å². The fraction of sp³-hybridized carbons (Fsp3) is 1.00. The molecule has 0 aromatic heterocycles. The van der Waals surface area contributed by atoms with Crippen LogP contribution in [-0.2, 0) is 0 Å². The van der Waals surface area contributed by atoms with Crippen molar-refractivity contribution in [3.63, 3.8) is 0 Å². The largest absolute Gasteiger partial charge is 0.0683 e. The van der Waals surface area contributed by atoms with Gasteiger partial charge in [0, 0.05) is 0 Å². The van der Waals surface area contributed by atoms with Gasteiger partial charge in [-0.25, -0.2) is 0 Å². The molecule has 5 fully saturated rings. The first-order valence-corrected chi connectivity index (χ1v) is 67.5. The highest BCUT2D eigenvalue weighted by Crippen LogP contribution is 2.70. The molecule has 5 saturated carbocycles. The van der Waals surface area contributed by atoms with E-state index in [1.807, 2.05) is 138 Å². The Hall–Kier alpha value is 0. The van der Waals surface area contributed by atoms with Crippen LogP contribution >= 0.6 is 0 Å². The Morgan fingerprint density at radius 1 is 0.186 bits per heavy atom. The van der Waals surface area contributed by atoms with E-state index in [9.17, 15) is 0 Å². The second-order valence-corrected chi connectivity index (χ2v) is 48.1. The second-order valence-electron chi connectivity index (χ2n) is 48.1. The van der Waals surface area contributed by atoms with Crippen LogP contribution in [0.1, 0.15) is 813 Å². The van der Waals surface area contributed by atoms with Gasteiger partial charge in [-0.1, -0.05) is 659 Å². The Morgan fingerprint density at radius 3 is 0.629 bits per heavy atom. The van der Waals surface area contributed by atoms with E-state index in [0.717, 1.165) is 63.6 Å². The molecule has 0 aliphatic heterocycles. The minimum Gasteiger partial charge on any atom is -0.0683 e. The van der Waals surface area contributed by atoms with Crippen LogP contribution in [0.2, 0.25) is 0 Å². The third-order valence-electron chi connectivity index (χ3n) is 35.3. The number of hydrogen-bond acceptors (Lipinski definition) is 0. The highest BCUT2D eigenvalue weighted by atomic mass is 14.6. The first-order valence-electron chi connectivity index (χ1n) is 67.5. The first-order chi connectivity index (χ1) is 67.5. The molecule has 0 radical (unpaired) electrons. The Balaban J connectivity index is -0.000000181. The van der Waals surface area contributed by atoms with Crippen molar-refractivity contribution in [2.75, 3.05) is 0 Å². The molecular weight excluding hydrogens is 1680 g/mol. The van der Waals surface area contributed by atoms with E-state index in [1.54, 1.807) is 25.7 Å². The molecule has 5 rings (SSSR count). The smallest absolute Gasteiger partial charge is 0.0184 e. The van der Waals surface area contributed by atoms with Gasteiger partial charge in [0.15, 0.2) is 0 Å². The number of rotatable bonds is 64. The highest BCUT2D eigenvalue weighted by Gasteiger charge is 2.60. The quantitative estimate of drug-likeness (QED) is 0.0533. The van der Waals surface area contributed by atoms with Crippen molar-refractivity contribution < 1.29 is 0 Å². The lowest BCUT2D eigenvalue weighted by molar-refractivity contribution is -0.145. The van der Waals surface area contributed by atoms with Gasteiger partial charge >= 0.3 is 0 Å². The molecule has 0 heterocycles. The molecule has 860 valence electrons. The van der Waals surface area contributed by atoms with Gasteiger partial charge in [-0.05, 0) is 250 Å². The summed E-state index contributed by atoms with van der Waals surface area (Å²) in [7, 11) is 0. The number of hydrogen-bond donors (Lipinski definition) is 0. The van der Waals surface area contributed by atoms with E-state index < -0.39 is 0 Å². The van der Waals surface area contributed by atoms with Crippen molar-refractivity contribution in [1.82, 2.24) is 0 Å². The summed E-state index contributed by atoms with van der Waals surface area (Å²) < 4.78 is 0. The minimum atomic E-state index is 0.493. The second kappa shape index (κ2) is 110. The zero-order valence-corrected chi connectivity index (χ0v) is 110. The van der Waals surface area contributed by atoms with Gasteiger partial charge in [-0.2, -0.15) is 0 Å². The van der Waals surface area contributed by atoms with Crippen LogP contribution in [0.15, 0.2) is 0 Å². The summed E-state index contributed by atoms with van der Waals surface area (Å²) in [6, 6.07) is 0. The predicted molar refractivity (Wildman–Crippen MR) is 666 cm³/mol. The van der Waals surface area contributed by atoms with E-state index >= 15 is 0 Å². The average molecular weight is 1980 g/mol. The van der Waals surface area contributed by atoms with Crippen LogP contribution in [0.3, 0.4) is 0 Å². The lowest BCUT2D eigenvalue weighted by Gasteiger charge is -2.64. The lowest BCUT2D eigenvalue weighted by atomic mass is 9.40. The van der Waals surface area contributed by atoms with Crippen LogP contribution in [0, 0.1) is 96.1 Å². The van der Waals surface area contributed by atoms with Crippen molar-refractivity contribution in [1.29, 1.82) is 0 Å². The Morgan fingerprint density at radius 2 is 0.400 bits per heavy atom. The Kier molecular flexibility index (Phi) is 126. The topological polar surface area (TPSA) is 0 Å². The van der Waals surface area contributed by atoms with Crippen molar-refractivity contribution in [3.8, 4) is 0 Å². The van der Waals surface area contributed by atoms with Gasteiger partial charge in [0.1, 0.15) is 0 Å². The maximum atomic E-state index is 2.64. The maximum absolute atomic E-state index is 2.64. The summed E-state index contributed by atoms with van der Waals surface area (Å²) in [4.78, 5) is 0. The highest BCUT2D eigenvalue weighted by molar-refractivity contribution is 5.09. The van der Waals surface area contributed by atoms with Crippen LogP contribution in [-0.4, -0.2) is 0 Å². The molecule has 0 saturated heterocycles. The van der Waals surface area contributed by atoms with Crippen molar-refractivity contribution in [2.24, 2.45) is 96.1 Å². The average Bonchev–Trinajstić information content (AvgIpc) is 0.716. The summed E-state index contributed by atoms with van der Waals surface area (Å²) >= 11 is 0. The molecule has 4 unspecified atom stereocenters. The van der Waals surface area contributed by atoms with E-state index in [1.165, 1.54) is 469 Å². The molecule has 0 heteroatoms. The van der Waals surface area contributed by atoms with Crippen molar-refractivity contribution in [2.45, 2.75) is 813 Å². The summed E-state index contributed by atoms with van der Waals surface area (Å²) in [5.74, 6) is 7.42. The molecule has 0 N–H and O–H groups in total. The fourth-order valence-corrected chi connectivity index (χ4v) is 27.9. The van der Waals surface area contributed by atoms with Gasteiger partial charge in [-0.15, -0.1) is 0 Å². The van der Waals surface area contributed by atoms with Crippen LogP contribution < -0.4 is 0 Å². The van der Waals surface area contributed by atoms with Crippen LogP contribution in [0.5, 0.6) is 0 Å². The number of unbranched alkanes of at least 4 members (excludes halogenated alkanes) is 14. The van der Waals surface area contributed by atoms with Crippen LogP contribution in [0.25, 0.3) is 0 Å². The van der Waals surface area contributed by atoms with Gasteiger partial charge in [0.05, 0.1) is 0 Å². The van der Waals surface area contributed by atoms with E-state index in [0.29, 0.717) is 32.5 Å². The summed E-state index contributed by atoms with van der Waals surface area (Å²) in [5, 5.41) is 0. The molecule has 0 spiro atoms. The Bertz CT molecular complexity index is 2040. The molecule has 5 aliphatic rings.